The van der Waals surface area contributed by atoms with Gasteiger partial charge in [-0.15, -0.1) is 11.3 Å². The fourth-order valence-corrected chi connectivity index (χ4v) is 3.86. The average molecular weight is 438 g/mol. The van der Waals surface area contributed by atoms with Gasteiger partial charge in [0.2, 0.25) is 0 Å². The van der Waals surface area contributed by atoms with Crippen LogP contribution in [0.1, 0.15) is 40.0 Å². The summed E-state index contributed by atoms with van der Waals surface area (Å²) in [5.74, 6) is 0.867. The minimum absolute atomic E-state index is 0.180. The van der Waals surface area contributed by atoms with Gasteiger partial charge in [-0.2, -0.15) is 5.10 Å². The van der Waals surface area contributed by atoms with E-state index in [9.17, 15) is 4.79 Å². The van der Waals surface area contributed by atoms with Gasteiger partial charge in [-0.05, 0) is 39.8 Å². The monoisotopic (exact) mass is 437 g/mol. The lowest BCUT2D eigenvalue weighted by Crippen LogP contribution is -2.15. The number of nitrogens with zero attached hydrogens (tertiary/aromatic N) is 4. The number of benzene rings is 1. The third kappa shape index (κ3) is 4.36. The van der Waals surface area contributed by atoms with Gasteiger partial charge in [-0.25, -0.2) is 4.98 Å². The minimum atomic E-state index is -0.388. The van der Waals surface area contributed by atoms with Crippen LogP contribution in [0.25, 0.3) is 11.3 Å². The molecule has 0 unspecified atom stereocenters. The number of ether oxygens (including phenoxy) is 1. The summed E-state index contributed by atoms with van der Waals surface area (Å²) in [7, 11) is 0. The molecule has 4 rings (SSSR count). The average Bonchev–Trinajstić information content (AvgIpc) is 3.46. The third-order valence-electron chi connectivity index (χ3n) is 5.01. The molecule has 0 aliphatic rings. The maximum Gasteiger partial charge on any atom is 0.280 e. The van der Waals surface area contributed by atoms with Gasteiger partial charge in [-0.3, -0.25) is 14.8 Å². The molecule has 0 saturated heterocycles. The Morgan fingerprint density at radius 3 is 2.71 bits per heavy atom. The van der Waals surface area contributed by atoms with E-state index in [0.717, 1.165) is 29.1 Å². The number of nitrogens with one attached hydrogen (secondary N) is 1. The Morgan fingerprint density at radius 1 is 1.23 bits per heavy atom. The third-order valence-corrected chi connectivity index (χ3v) is 5.76. The zero-order valence-electron chi connectivity index (χ0n) is 17.8. The molecule has 0 radical (unpaired) electrons. The van der Waals surface area contributed by atoms with Crippen LogP contribution in [0.2, 0.25) is 0 Å². The minimum Gasteiger partial charge on any atom is -0.489 e. The second-order valence-electron chi connectivity index (χ2n) is 7.12. The molecule has 0 fully saturated rings. The van der Waals surface area contributed by atoms with Crippen molar-refractivity contribution in [1.82, 2.24) is 19.9 Å². The fourth-order valence-electron chi connectivity index (χ4n) is 3.16. The lowest BCUT2D eigenvalue weighted by atomic mass is 10.2. The van der Waals surface area contributed by atoms with Crippen molar-refractivity contribution in [2.75, 3.05) is 5.32 Å². The van der Waals surface area contributed by atoms with Crippen molar-refractivity contribution in [2.24, 2.45) is 0 Å². The molecular weight excluding hydrogens is 414 g/mol. The van der Waals surface area contributed by atoms with Crippen LogP contribution in [0.5, 0.6) is 5.75 Å². The van der Waals surface area contributed by atoms with E-state index in [-0.39, 0.29) is 18.2 Å². The van der Waals surface area contributed by atoms with Crippen molar-refractivity contribution >= 4 is 22.4 Å². The van der Waals surface area contributed by atoms with E-state index in [2.05, 4.69) is 20.6 Å². The first-order valence-corrected chi connectivity index (χ1v) is 10.8. The SMILES string of the molecule is CCn1ncc(-c2csc(NC(=O)c3noc(C)c3COc3ccc(C)cc3)n2)c1C. The molecule has 0 bridgehead atoms. The number of carbonyl (C=O) groups excluding carboxylic acids is 1. The second-order valence-corrected chi connectivity index (χ2v) is 7.98. The summed E-state index contributed by atoms with van der Waals surface area (Å²) in [5.41, 5.74) is 4.70. The van der Waals surface area contributed by atoms with Gasteiger partial charge in [0.05, 0.1) is 17.5 Å². The Labute approximate surface area is 183 Å². The Balaban J connectivity index is 1.47. The number of hydrogen-bond donors (Lipinski definition) is 1. The fraction of sp³-hybridized carbons (Fsp3) is 0.273. The van der Waals surface area contributed by atoms with Crippen molar-refractivity contribution in [1.29, 1.82) is 0 Å². The van der Waals surface area contributed by atoms with Crippen molar-refractivity contribution < 1.29 is 14.1 Å². The van der Waals surface area contributed by atoms with Crippen molar-refractivity contribution in [3.63, 3.8) is 0 Å². The number of aromatic nitrogens is 4. The molecule has 0 saturated carbocycles. The molecule has 0 atom stereocenters. The van der Waals surface area contributed by atoms with Gasteiger partial charge >= 0.3 is 0 Å². The largest absolute Gasteiger partial charge is 0.489 e. The van der Waals surface area contributed by atoms with Gasteiger partial charge in [0, 0.05) is 23.2 Å². The summed E-state index contributed by atoms with van der Waals surface area (Å²) in [6, 6.07) is 7.71. The van der Waals surface area contributed by atoms with E-state index >= 15 is 0 Å². The van der Waals surface area contributed by atoms with Crippen LogP contribution in [0.3, 0.4) is 0 Å². The molecule has 1 aromatic carbocycles. The van der Waals surface area contributed by atoms with Gasteiger partial charge in [0.15, 0.2) is 10.8 Å². The van der Waals surface area contributed by atoms with Crippen LogP contribution in [-0.2, 0) is 13.2 Å². The summed E-state index contributed by atoms with van der Waals surface area (Å²) in [6.45, 7) is 8.78. The standard InChI is InChI=1S/C22H23N5O3S/c1-5-27-14(3)17(10-23-27)19-12-31-22(24-19)25-21(28)20-18(15(4)30-26-20)11-29-16-8-6-13(2)7-9-16/h6-10,12H,5,11H2,1-4H3,(H,24,25,28). The molecule has 0 spiro atoms. The Hall–Kier alpha value is -3.46. The normalized spacial score (nSPS) is 11.0. The predicted octanol–water partition coefficient (Wildman–Crippen LogP) is 4.77. The highest BCUT2D eigenvalue weighted by Crippen LogP contribution is 2.28. The topological polar surface area (TPSA) is 95.1 Å². The highest BCUT2D eigenvalue weighted by Gasteiger charge is 2.22. The Morgan fingerprint density at radius 2 is 2.00 bits per heavy atom. The number of amides is 1. The summed E-state index contributed by atoms with van der Waals surface area (Å²) >= 11 is 1.35. The van der Waals surface area contributed by atoms with Gasteiger partial charge in [0.25, 0.3) is 5.91 Å². The van der Waals surface area contributed by atoms with Crippen molar-refractivity contribution in [3.05, 3.63) is 64.1 Å². The highest BCUT2D eigenvalue weighted by atomic mass is 32.1. The molecule has 0 aliphatic heterocycles. The lowest BCUT2D eigenvalue weighted by Gasteiger charge is -2.07. The van der Waals surface area contributed by atoms with Gasteiger partial charge < -0.3 is 9.26 Å². The maximum absolute atomic E-state index is 12.8. The molecule has 0 aliphatic carbocycles. The van der Waals surface area contributed by atoms with Crippen LogP contribution in [0.15, 0.2) is 40.4 Å². The summed E-state index contributed by atoms with van der Waals surface area (Å²) < 4.78 is 13.0. The molecule has 3 aromatic heterocycles. The second kappa shape index (κ2) is 8.73. The van der Waals surface area contributed by atoms with Crippen LogP contribution < -0.4 is 10.1 Å². The molecule has 31 heavy (non-hydrogen) atoms. The smallest absolute Gasteiger partial charge is 0.280 e. The molecule has 3 heterocycles. The Bertz CT molecular complexity index is 1210. The number of anilines is 1. The van der Waals surface area contributed by atoms with Gasteiger partial charge in [0.1, 0.15) is 18.1 Å². The zero-order valence-corrected chi connectivity index (χ0v) is 18.6. The first-order valence-electron chi connectivity index (χ1n) is 9.90. The molecule has 160 valence electrons. The summed E-state index contributed by atoms with van der Waals surface area (Å²) in [5, 5.41) is 13.5. The molecule has 8 nitrogen and oxygen atoms in total. The number of carbonyl (C=O) groups is 1. The maximum atomic E-state index is 12.8. The Kier molecular flexibility index (Phi) is 5.85. The van der Waals surface area contributed by atoms with Crippen LogP contribution in [0, 0.1) is 20.8 Å². The van der Waals surface area contributed by atoms with Crippen LogP contribution in [0.4, 0.5) is 5.13 Å². The first-order chi connectivity index (χ1) is 15.0. The molecule has 4 aromatic rings. The van der Waals surface area contributed by atoms with E-state index in [4.69, 9.17) is 9.26 Å². The predicted molar refractivity (Wildman–Crippen MR) is 118 cm³/mol. The number of hydrogen-bond acceptors (Lipinski definition) is 7. The van der Waals surface area contributed by atoms with Crippen LogP contribution >= 0.6 is 11.3 Å². The molecule has 9 heteroatoms. The van der Waals surface area contributed by atoms with E-state index < -0.39 is 0 Å². The summed E-state index contributed by atoms with van der Waals surface area (Å²) in [6.07, 6.45) is 1.79. The first kappa shape index (κ1) is 20.8. The highest BCUT2D eigenvalue weighted by molar-refractivity contribution is 7.14. The molecule has 1 N–H and O–H groups in total. The van der Waals surface area contributed by atoms with E-state index in [1.807, 2.05) is 55.1 Å². The molecular formula is C22H23N5O3S. The van der Waals surface area contributed by atoms with Crippen molar-refractivity contribution in [2.45, 2.75) is 40.8 Å². The quantitative estimate of drug-likeness (QED) is 0.447. The number of thiazole rings is 1. The molecule has 1 amide bonds. The van der Waals surface area contributed by atoms with E-state index in [0.29, 0.717) is 22.2 Å². The van der Waals surface area contributed by atoms with Crippen LogP contribution in [-0.4, -0.2) is 25.8 Å². The number of aryl methyl sites for hydroxylation is 3. The van der Waals surface area contributed by atoms with E-state index in [1.54, 1.807) is 13.1 Å². The number of rotatable bonds is 7. The summed E-state index contributed by atoms with van der Waals surface area (Å²) in [4.78, 5) is 17.4. The lowest BCUT2D eigenvalue weighted by molar-refractivity contribution is 0.101. The van der Waals surface area contributed by atoms with Gasteiger partial charge in [-0.1, -0.05) is 22.9 Å². The van der Waals surface area contributed by atoms with Crippen molar-refractivity contribution in [3.8, 4) is 17.0 Å². The van der Waals surface area contributed by atoms with E-state index in [1.165, 1.54) is 11.3 Å². The zero-order chi connectivity index (χ0) is 22.0.